The molecule has 0 fully saturated rings. The molecule has 2 heterocycles. The van der Waals surface area contributed by atoms with Crippen LogP contribution in [0.15, 0.2) is 77.3 Å². The number of amides is 1. The van der Waals surface area contributed by atoms with Crippen LogP contribution < -0.4 is 5.32 Å². The zero-order valence-electron chi connectivity index (χ0n) is 13.1. The van der Waals surface area contributed by atoms with E-state index in [0.29, 0.717) is 16.5 Å². The summed E-state index contributed by atoms with van der Waals surface area (Å²) in [5.41, 5.74) is 2.23. The van der Waals surface area contributed by atoms with Gasteiger partial charge in [-0.25, -0.2) is 0 Å². The van der Waals surface area contributed by atoms with Crippen LogP contribution in [0.2, 0.25) is 5.02 Å². The summed E-state index contributed by atoms with van der Waals surface area (Å²) in [6, 6.07) is 20.3. The molecule has 0 spiro atoms. The molecule has 0 saturated heterocycles. The van der Waals surface area contributed by atoms with Crippen molar-refractivity contribution in [2.75, 3.05) is 5.32 Å². The number of carbonyl (C=O) groups is 1. The summed E-state index contributed by atoms with van der Waals surface area (Å²) in [5, 5.41) is 4.33. The Balaban J connectivity index is 1.58. The van der Waals surface area contributed by atoms with Gasteiger partial charge in [0, 0.05) is 10.9 Å². The van der Waals surface area contributed by atoms with Gasteiger partial charge in [-0.3, -0.25) is 9.78 Å². The minimum Gasteiger partial charge on any atom is -0.451 e. The molecule has 2 aromatic carbocycles. The Bertz CT molecular complexity index is 1070. The Hall–Kier alpha value is -3.11. The predicted molar refractivity (Wildman–Crippen MR) is 98.9 cm³/mol. The van der Waals surface area contributed by atoms with Gasteiger partial charge in [-0.1, -0.05) is 41.9 Å². The molecule has 0 aliphatic heterocycles. The van der Waals surface area contributed by atoms with Crippen molar-refractivity contribution in [3.63, 3.8) is 0 Å². The van der Waals surface area contributed by atoms with Gasteiger partial charge in [0.2, 0.25) is 0 Å². The molecule has 0 aliphatic rings. The highest BCUT2D eigenvalue weighted by Gasteiger charge is 2.14. The van der Waals surface area contributed by atoms with E-state index in [1.807, 2.05) is 48.5 Å². The van der Waals surface area contributed by atoms with Crippen LogP contribution in [-0.4, -0.2) is 10.9 Å². The topological polar surface area (TPSA) is 55.1 Å². The van der Waals surface area contributed by atoms with Gasteiger partial charge in [0.15, 0.2) is 5.76 Å². The zero-order valence-corrected chi connectivity index (χ0v) is 13.8. The van der Waals surface area contributed by atoms with Crippen molar-refractivity contribution in [2.24, 2.45) is 0 Å². The SMILES string of the molecule is O=C(Nc1cnc2ccccc2c1)c1ccc(-c2ccccc2Cl)o1. The number of furan rings is 1. The summed E-state index contributed by atoms with van der Waals surface area (Å²) >= 11 is 6.16. The van der Waals surface area contributed by atoms with Crippen LogP contribution in [0.25, 0.3) is 22.2 Å². The van der Waals surface area contributed by atoms with Crippen molar-refractivity contribution in [2.45, 2.75) is 0 Å². The van der Waals surface area contributed by atoms with E-state index in [4.69, 9.17) is 16.0 Å². The maximum atomic E-state index is 12.4. The fraction of sp³-hybridized carbons (Fsp3) is 0. The second-order valence-corrected chi connectivity index (χ2v) is 5.92. The average Bonchev–Trinajstić information content (AvgIpc) is 3.12. The van der Waals surface area contributed by atoms with Crippen LogP contribution in [-0.2, 0) is 0 Å². The number of halogens is 1. The van der Waals surface area contributed by atoms with Crippen LogP contribution in [0.5, 0.6) is 0 Å². The third-order valence-electron chi connectivity index (χ3n) is 3.82. The normalized spacial score (nSPS) is 10.8. The summed E-state index contributed by atoms with van der Waals surface area (Å²) in [4.78, 5) is 16.7. The molecule has 4 aromatic rings. The lowest BCUT2D eigenvalue weighted by molar-refractivity contribution is 0.0997. The largest absolute Gasteiger partial charge is 0.451 e. The summed E-state index contributed by atoms with van der Waals surface area (Å²) < 4.78 is 5.66. The highest BCUT2D eigenvalue weighted by Crippen LogP contribution is 2.29. The van der Waals surface area contributed by atoms with E-state index in [9.17, 15) is 4.79 Å². The second-order valence-electron chi connectivity index (χ2n) is 5.51. The van der Waals surface area contributed by atoms with Gasteiger partial charge in [0.25, 0.3) is 5.91 Å². The van der Waals surface area contributed by atoms with Gasteiger partial charge in [-0.2, -0.15) is 0 Å². The van der Waals surface area contributed by atoms with Gasteiger partial charge < -0.3 is 9.73 Å². The number of benzene rings is 2. The Morgan fingerprint density at radius 3 is 2.68 bits per heavy atom. The smallest absolute Gasteiger partial charge is 0.291 e. The molecule has 5 heteroatoms. The lowest BCUT2D eigenvalue weighted by Gasteiger charge is -2.04. The fourth-order valence-corrected chi connectivity index (χ4v) is 2.83. The third kappa shape index (κ3) is 3.12. The van der Waals surface area contributed by atoms with Crippen molar-refractivity contribution >= 4 is 34.1 Å². The molecule has 1 amide bonds. The number of rotatable bonds is 3. The maximum absolute atomic E-state index is 12.4. The van der Waals surface area contributed by atoms with E-state index in [1.54, 1.807) is 24.4 Å². The van der Waals surface area contributed by atoms with Crippen molar-refractivity contribution < 1.29 is 9.21 Å². The molecule has 0 radical (unpaired) electrons. The fourth-order valence-electron chi connectivity index (χ4n) is 2.60. The number of anilines is 1. The summed E-state index contributed by atoms with van der Waals surface area (Å²) in [5.74, 6) is 0.422. The molecular formula is C20H13ClN2O2. The van der Waals surface area contributed by atoms with Crippen molar-refractivity contribution in [3.8, 4) is 11.3 Å². The Morgan fingerprint density at radius 1 is 1.00 bits per heavy atom. The molecule has 4 rings (SSSR count). The molecule has 4 nitrogen and oxygen atoms in total. The van der Waals surface area contributed by atoms with Crippen molar-refractivity contribution in [3.05, 3.63) is 83.7 Å². The Kier molecular flexibility index (Phi) is 3.96. The van der Waals surface area contributed by atoms with Crippen LogP contribution >= 0.6 is 11.6 Å². The van der Waals surface area contributed by atoms with Crippen molar-refractivity contribution in [1.29, 1.82) is 0 Å². The van der Waals surface area contributed by atoms with Gasteiger partial charge >= 0.3 is 0 Å². The number of aromatic nitrogens is 1. The van der Waals surface area contributed by atoms with Gasteiger partial charge in [0.05, 0.1) is 22.4 Å². The van der Waals surface area contributed by atoms with Crippen LogP contribution in [0.1, 0.15) is 10.6 Å². The number of carbonyl (C=O) groups excluding carboxylic acids is 1. The zero-order chi connectivity index (χ0) is 17.2. The number of hydrogen-bond acceptors (Lipinski definition) is 3. The summed E-state index contributed by atoms with van der Waals surface area (Å²) in [6.45, 7) is 0. The minimum absolute atomic E-state index is 0.211. The summed E-state index contributed by atoms with van der Waals surface area (Å²) in [6.07, 6.45) is 1.62. The van der Waals surface area contributed by atoms with Gasteiger partial charge in [0.1, 0.15) is 5.76 Å². The molecule has 2 aromatic heterocycles. The van der Waals surface area contributed by atoms with Crippen LogP contribution in [0.3, 0.4) is 0 Å². The van der Waals surface area contributed by atoms with E-state index >= 15 is 0 Å². The molecule has 0 bridgehead atoms. The van der Waals surface area contributed by atoms with E-state index in [-0.39, 0.29) is 11.7 Å². The Labute approximate surface area is 149 Å². The third-order valence-corrected chi connectivity index (χ3v) is 4.15. The van der Waals surface area contributed by atoms with Crippen molar-refractivity contribution in [1.82, 2.24) is 4.98 Å². The lowest BCUT2D eigenvalue weighted by atomic mass is 10.2. The molecule has 0 aliphatic carbocycles. The van der Waals surface area contributed by atoms with Gasteiger partial charge in [-0.15, -0.1) is 0 Å². The molecule has 1 N–H and O–H groups in total. The number of nitrogens with one attached hydrogen (secondary N) is 1. The van der Waals surface area contributed by atoms with E-state index in [1.165, 1.54) is 0 Å². The average molecular weight is 349 g/mol. The lowest BCUT2D eigenvalue weighted by Crippen LogP contribution is -2.10. The first-order valence-electron chi connectivity index (χ1n) is 7.71. The van der Waals surface area contributed by atoms with E-state index in [0.717, 1.165) is 16.5 Å². The quantitative estimate of drug-likeness (QED) is 0.539. The summed E-state index contributed by atoms with van der Waals surface area (Å²) in [7, 11) is 0. The first kappa shape index (κ1) is 15.4. The van der Waals surface area contributed by atoms with Gasteiger partial charge in [-0.05, 0) is 36.4 Å². The molecule has 0 saturated carbocycles. The first-order valence-corrected chi connectivity index (χ1v) is 8.09. The molecular weight excluding hydrogens is 336 g/mol. The number of hydrogen-bond donors (Lipinski definition) is 1. The number of fused-ring (bicyclic) bond motifs is 1. The standard InChI is InChI=1S/C20H13ClN2O2/c21-16-7-3-2-6-15(16)18-9-10-19(25-18)20(24)23-14-11-13-5-1-4-8-17(13)22-12-14/h1-12H,(H,23,24). The molecule has 0 unspecified atom stereocenters. The maximum Gasteiger partial charge on any atom is 0.291 e. The molecule has 122 valence electrons. The predicted octanol–water partition coefficient (Wildman–Crippen LogP) is 5.40. The Morgan fingerprint density at radius 2 is 1.80 bits per heavy atom. The number of pyridine rings is 1. The van der Waals surface area contributed by atoms with E-state index < -0.39 is 0 Å². The first-order chi connectivity index (χ1) is 12.2. The molecule has 25 heavy (non-hydrogen) atoms. The highest BCUT2D eigenvalue weighted by molar-refractivity contribution is 6.33. The molecule has 0 atom stereocenters. The minimum atomic E-state index is -0.338. The number of para-hydroxylation sites is 1. The van der Waals surface area contributed by atoms with Crippen LogP contribution in [0.4, 0.5) is 5.69 Å². The monoisotopic (exact) mass is 348 g/mol. The number of nitrogens with zero attached hydrogens (tertiary/aromatic N) is 1. The highest BCUT2D eigenvalue weighted by atomic mass is 35.5. The van der Waals surface area contributed by atoms with Crippen LogP contribution in [0, 0.1) is 0 Å². The second kappa shape index (κ2) is 6.42. The van der Waals surface area contributed by atoms with E-state index in [2.05, 4.69) is 10.3 Å².